The first-order valence-electron chi connectivity index (χ1n) is 5.13. The number of nitrogens with zero attached hydrogens (tertiary/aromatic N) is 1. The van der Waals surface area contributed by atoms with Crippen molar-refractivity contribution in [3.8, 4) is 11.3 Å². The van der Waals surface area contributed by atoms with Crippen LogP contribution in [-0.4, -0.2) is 10.2 Å². The maximum Gasteiger partial charge on any atom is 0.145 e. The summed E-state index contributed by atoms with van der Waals surface area (Å²) in [6.07, 6.45) is 0. The van der Waals surface area contributed by atoms with Crippen LogP contribution >= 0.6 is 0 Å². The third-order valence-corrected chi connectivity index (χ3v) is 2.66. The largest absolute Gasteiger partial charge is 0.382 e. The lowest BCUT2D eigenvalue weighted by Crippen LogP contribution is -1.81. The van der Waals surface area contributed by atoms with Crippen molar-refractivity contribution in [1.82, 2.24) is 10.2 Å². The fourth-order valence-electron chi connectivity index (χ4n) is 1.84. The van der Waals surface area contributed by atoms with Crippen LogP contribution in [0.5, 0.6) is 0 Å². The van der Waals surface area contributed by atoms with Crippen LogP contribution in [0.25, 0.3) is 22.0 Å². The minimum absolute atomic E-state index is 0.517. The number of H-pyrrole nitrogens is 1. The molecule has 0 aliphatic heterocycles. The molecule has 3 rings (SSSR count). The summed E-state index contributed by atoms with van der Waals surface area (Å²) < 4.78 is 0. The number of hydrogen-bond donors (Lipinski definition) is 2. The Labute approximate surface area is 92.9 Å². The Morgan fingerprint density at radius 1 is 0.938 bits per heavy atom. The van der Waals surface area contributed by atoms with E-state index in [1.807, 2.05) is 18.2 Å². The van der Waals surface area contributed by atoms with Gasteiger partial charge in [0, 0.05) is 11.6 Å². The zero-order valence-electron chi connectivity index (χ0n) is 8.64. The van der Waals surface area contributed by atoms with Crippen LogP contribution in [0.2, 0.25) is 0 Å². The molecule has 0 radical (unpaired) electrons. The van der Waals surface area contributed by atoms with Gasteiger partial charge >= 0.3 is 0 Å². The lowest BCUT2D eigenvalue weighted by Gasteiger charge is -2.00. The number of benzene rings is 2. The van der Waals surface area contributed by atoms with E-state index in [2.05, 4.69) is 40.5 Å². The van der Waals surface area contributed by atoms with Crippen molar-refractivity contribution in [2.45, 2.75) is 0 Å². The summed E-state index contributed by atoms with van der Waals surface area (Å²) in [4.78, 5) is 0. The SMILES string of the molecule is Nc1cc(-c2ccc3ccccc3c2)[nH]n1. The van der Waals surface area contributed by atoms with E-state index in [4.69, 9.17) is 5.73 Å². The molecular formula is C13H11N3. The predicted octanol–water partition coefficient (Wildman–Crippen LogP) is 2.81. The van der Waals surface area contributed by atoms with Crippen molar-refractivity contribution in [3.05, 3.63) is 48.5 Å². The van der Waals surface area contributed by atoms with Crippen molar-refractivity contribution >= 4 is 16.6 Å². The van der Waals surface area contributed by atoms with Crippen LogP contribution in [0, 0.1) is 0 Å². The molecule has 0 bridgehead atoms. The second kappa shape index (κ2) is 3.38. The Balaban J connectivity index is 2.18. The van der Waals surface area contributed by atoms with Crippen molar-refractivity contribution in [2.75, 3.05) is 5.73 Å². The molecule has 3 nitrogen and oxygen atoms in total. The van der Waals surface area contributed by atoms with E-state index in [-0.39, 0.29) is 0 Å². The van der Waals surface area contributed by atoms with Gasteiger partial charge in [0.15, 0.2) is 0 Å². The molecule has 0 aliphatic rings. The quantitative estimate of drug-likeness (QED) is 0.647. The van der Waals surface area contributed by atoms with Gasteiger partial charge in [-0.1, -0.05) is 36.4 Å². The highest BCUT2D eigenvalue weighted by atomic mass is 15.2. The molecule has 78 valence electrons. The van der Waals surface area contributed by atoms with Crippen LogP contribution in [0.3, 0.4) is 0 Å². The second-order valence-electron chi connectivity index (χ2n) is 3.77. The summed E-state index contributed by atoms with van der Waals surface area (Å²) in [5, 5.41) is 9.29. The molecule has 1 heterocycles. The van der Waals surface area contributed by atoms with Crippen LogP contribution in [0.4, 0.5) is 5.82 Å². The van der Waals surface area contributed by atoms with Gasteiger partial charge in [-0.3, -0.25) is 5.10 Å². The fourth-order valence-corrected chi connectivity index (χ4v) is 1.84. The van der Waals surface area contributed by atoms with E-state index >= 15 is 0 Å². The summed E-state index contributed by atoms with van der Waals surface area (Å²) in [6, 6.07) is 16.4. The Hall–Kier alpha value is -2.29. The lowest BCUT2D eigenvalue weighted by atomic mass is 10.1. The van der Waals surface area contributed by atoms with Crippen molar-refractivity contribution in [2.24, 2.45) is 0 Å². The first kappa shape index (κ1) is 8.97. The number of fused-ring (bicyclic) bond motifs is 1. The summed E-state index contributed by atoms with van der Waals surface area (Å²) in [5.74, 6) is 0.517. The highest BCUT2D eigenvalue weighted by molar-refractivity contribution is 5.86. The lowest BCUT2D eigenvalue weighted by molar-refractivity contribution is 1.10. The zero-order chi connectivity index (χ0) is 11.0. The van der Waals surface area contributed by atoms with Gasteiger partial charge in [0.1, 0.15) is 5.82 Å². The van der Waals surface area contributed by atoms with Crippen LogP contribution in [-0.2, 0) is 0 Å². The van der Waals surface area contributed by atoms with Crippen molar-refractivity contribution in [1.29, 1.82) is 0 Å². The van der Waals surface area contributed by atoms with Crippen molar-refractivity contribution < 1.29 is 0 Å². The van der Waals surface area contributed by atoms with Gasteiger partial charge in [-0.25, -0.2) is 0 Å². The standard InChI is InChI=1S/C13H11N3/c14-13-8-12(15-16-13)11-6-5-9-3-1-2-4-10(9)7-11/h1-8H,(H3,14,15,16). The van der Waals surface area contributed by atoms with Gasteiger partial charge in [0.2, 0.25) is 0 Å². The molecule has 0 atom stereocenters. The van der Waals surface area contributed by atoms with Crippen LogP contribution < -0.4 is 5.73 Å². The number of aromatic amines is 1. The van der Waals surface area contributed by atoms with E-state index in [0.29, 0.717) is 5.82 Å². The molecule has 0 saturated heterocycles. The average molecular weight is 209 g/mol. The Morgan fingerprint density at radius 2 is 1.75 bits per heavy atom. The zero-order valence-corrected chi connectivity index (χ0v) is 8.64. The van der Waals surface area contributed by atoms with E-state index in [0.717, 1.165) is 11.3 Å². The minimum Gasteiger partial charge on any atom is -0.382 e. The molecule has 0 amide bonds. The Morgan fingerprint density at radius 3 is 2.50 bits per heavy atom. The molecule has 3 heteroatoms. The van der Waals surface area contributed by atoms with Gasteiger partial charge in [0.05, 0.1) is 5.69 Å². The molecule has 3 aromatic rings. The maximum atomic E-state index is 5.59. The Bertz CT molecular complexity index is 640. The van der Waals surface area contributed by atoms with E-state index in [1.165, 1.54) is 10.8 Å². The second-order valence-corrected chi connectivity index (χ2v) is 3.77. The number of nitrogens with one attached hydrogen (secondary N) is 1. The number of nitrogen functional groups attached to an aromatic ring is 1. The molecular weight excluding hydrogens is 198 g/mol. The summed E-state index contributed by atoms with van der Waals surface area (Å²) in [5.41, 5.74) is 7.63. The molecule has 16 heavy (non-hydrogen) atoms. The predicted molar refractivity (Wildman–Crippen MR) is 65.9 cm³/mol. The molecule has 1 aromatic heterocycles. The molecule has 0 fully saturated rings. The van der Waals surface area contributed by atoms with Crippen LogP contribution in [0.1, 0.15) is 0 Å². The normalized spacial score (nSPS) is 10.8. The molecule has 3 N–H and O–H groups in total. The average Bonchev–Trinajstić information content (AvgIpc) is 2.75. The first-order chi connectivity index (χ1) is 7.83. The number of nitrogens with two attached hydrogens (primary N) is 1. The number of aromatic nitrogens is 2. The highest BCUT2D eigenvalue weighted by Crippen LogP contribution is 2.23. The minimum atomic E-state index is 0.517. The molecule has 0 unspecified atom stereocenters. The van der Waals surface area contributed by atoms with Gasteiger partial charge in [-0.05, 0) is 16.8 Å². The molecule has 0 aliphatic carbocycles. The number of anilines is 1. The maximum absolute atomic E-state index is 5.59. The first-order valence-corrected chi connectivity index (χ1v) is 5.13. The molecule has 2 aromatic carbocycles. The van der Waals surface area contributed by atoms with Gasteiger partial charge < -0.3 is 5.73 Å². The highest BCUT2D eigenvalue weighted by Gasteiger charge is 2.02. The molecule has 0 saturated carbocycles. The monoisotopic (exact) mass is 209 g/mol. The fraction of sp³-hybridized carbons (Fsp3) is 0. The number of rotatable bonds is 1. The smallest absolute Gasteiger partial charge is 0.145 e. The van der Waals surface area contributed by atoms with Crippen molar-refractivity contribution in [3.63, 3.8) is 0 Å². The number of hydrogen-bond acceptors (Lipinski definition) is 2. The van der Waals surface area contributed by atoms with Gasteiger partial charge in [-0.15, -0.1) is 0 Å². The van der Waals surface area contributed by atoms with E-state index in [1.54, 1.807) is 0 Å². The summed E-state index contributed by atoms with van der Waals surface area (Å²) in [7, 11) is 0. The van der Waals surface area contributed by atoms with E-state index < -0.39 is 0 Å². The van der Waals surface area contributed by atoms with Gasteiger partial charge in [-0.2, -0.15) is 5.10 Å². The van der Waals surface area contributed by atoms with E-state index in [9.17, 15) is 0 Å². The third kappa shape index (κ3) is 1.42. The summed E-state index contributed by atoms with van der Waals surface area (Å²) >= 11 is 0. The van der Waals surface area contributed by atoms with Gasteiger partial charge in [0.25, 0.3) is 0 Å². The Kier molecular flexibility index (Phi) is 1.90. The topological polar surface area (TPSA) is 54.7 Å². The molecule has 0 spiro atoms. The third-order valence-electron chi connectivity index (χ3n) is 2.66. The van der Waals surface area contributed by atoms with Crippen LogP contribution in [0.15, 0.2) is 48.5 Å². The summed E-state index contributed by atoms with van der Waals surface area (Å²) in [6.45, 7) is 0.